The molecule has 0 spiro atoms. The van der Waals surface area contributed by atoms with Crippen molar-refractivity contribution in [3.63, 3.8) is 0 Å². The zero-order valence-electron chi connectivity index (χ0n) is 13.8. The smallest absolute Gasteiger partial charge is 0.195 e. The number of hydrogen-bond acceptors (Lipinski definition) is 0. The van der Waals surface area contributed by atoms with Gasteiger partial charge in [0.2, 0.25) is 0 Å². The van der Waals surface area contributed by atoms with E-state index in [9.17, 15) is 17.6 Å². The van der Waals surface area contributed by atoms with E-state index in [1.165, 1.54) is 24.3 Å². The minimum absolute atomic E-state index is 0.0350. The number of benzene rings is 3. The van der Waals surface area contributed by atoms with Gasteiger partial charge in [-0.3, -0.25) is 0 Å². The van der Waals surface area contributed by atoms with Crippen LogP contribution in [0.1, 0.15) is 23.1 Å². The van der Waals surface area contributed by atoms with Crippen molar-refractivity contribution < 1.29 is 17.6 Å². The quantitative estimate of drug-likeness (QED) is 0.237. The van der Waals surface area contributed by atoms with Gasteiger partial charge in [0, 0.05) is 10.9 Å². The van der Waals surface area contributed by atoms with Crippen molar-refractivity contribution in [1.29, 1.82) is 0 Å². The minimum atomic E-state index is -1.50. The van der Waals surface area contributed by atoms with Gasteiger partial charge in [-0.2, -0.15) is 0 Å². The first kappa shape index (κ1) is 17.8. The molecule has 3 rings (SSSR count). The van der Waals surface area contributed by atoms with Gasteiger partial charge in [0.15, 0.2) is 17.5 Å². The van der Waals surface area contributed by atoms with Crippen LogP contribution in [0, 0.1) is 35.1 Å². The molecule has 0 N–H and O–H groups in total. The summed E-state index contributed by atoms with van der Waals surface area (Å²) in [7, 11) is 0. The third kappa shape index (κ3) is 3.62. The number of aryl methyl sites for hydroxylation is 1. The first-order valence-corrected chi connectivity index (χ1v) is 7.98. The van der Waals surface area contributed by atoms with E-state index in [4.69, 9.17) is 0 Å². The van der Waals surface area contributed by atoms with Crippen molar-refractivity contribution in [2.75, 3.05) is 0 Å². The molecule has 0 aromatic heterocycles. The molecule has 0 aliphatic heterocycles. The number of hydrogen-bond donors (Lipinski definition) is 0. The number of allylic oxidation sites excluding steroid dienone is 1. The Bertz CT molecular complexity index is 1060. The summed E-state index contributed by atoms with van der Waals surface area (Å²) in [5.74, 6) is 1.04. The van der Waals surface area contributed by atoms with Gasteiger partial charge in [-0.05, 0) is 54.1 Å². The zero-order valence-corrected chi connectivity index (χ0v) is 13.8. The molecule has 0 fully saturated rings. The van der Waals surface area contributed by atoms with Gasteiger partial charge in [-0.25, -0.2) is 17.6 Å². The molecule has 0 nitrogen and oxygen atoms in total. The van der Waals surface area contributed by atoms with Crippen LogP contribution in [0.4, 0.5) is 17.6 Å². The van der Waals surface area contributed by atoms with Gasteiger partial charge >= 0.3 is 0 Å². The molecular weight excluding hydrogens is 340 g/mol. The molecule has 4 heteroatoms. The summed E-state index contributed by atoms with van der Waals surface area (Å²) in [6.45, 7) is 3.63. The van der Waals surface area contributed by atoms with Gasteiger partial charge in [0.1, 0.15) is 5.82 Å². The van der Waals surface area contributed by atoms with Crippen molar-refractivity contribution in [2.45, 2.75) is 12.8 Å². The Morgan fingerprint density at radius 2 is 1.65 bits per heavy atom. The summed E-state index contributed by atoms with van der Waals surface area (Å²) >= 11 is 0. The average Bonchev–Trinajstić information content (AvgIpc) is 2.63. The van der Waals surface area contributed by atoms with Crippen LogP contribution in [0.3, 0.4) is 0 Å². The molecule has 0 heterocycles. The van der Waals surface area contributed by atoms with Gasteiger partial charge in [0.25, 0.3) is 0 Å². The lowest BCUT2D eigenvalue weighted by Gasteiger charge is -2.03. The lowest BCUT2D eigenvalue weighted by atomic mass is 10.0. The Balaban J connectivity index is 1.93. The molecule has 0 aliphatic rings. The van der Waals surface area contributed by atoms with Crippen LogP contribution in [0.5, 0.6) is 0 Å². The molecule has 0 unspecified atom stereocenters. The number of halogens is 4. The van der Waals surface area contributed by atoms with Crippen molar-refractivity contribution in [3.05, 3.63) is 95.1 Å². The lowest BCUT2D eigenvalue weighted by Crippen LogP contribution is -1.92. The maximum Gasteiger partial charge on any atom is 0.195 e. The summed E-state index contributed by atoms with van der Waals surface area (Å²) < 4.78 is 54.5. The second-order valence-corrected chi connectivity index (χ2v) is 5.81. The average molecular weight is 354 g/mol. The molecule has 0 saturated carbocycles. The standard InChI is InChI=1S/C22H14F4/c1-2-3-4-14-5-8-16(19(23)12-14)9-6-15-7-10-18-17(11-15)13-20(24)22(26)21(18)25/h2,5,7-8,10-13H,1,3-4H2. The summed E-state index contributed by atoms with van der Waals surface area (Å²) in [4.78, 5) is 0. The summed E-state index contributed by atoms with van der Waals surface area (Å²) in [5, 5.41) is 0.153. The SMILES string of the molecule is C=CCCc1ccc(C#Cc2ccc3c(F)c(F)c(F)cc3c2)c(F)c1. The fourth-order valence-electron chi connectivity index (χ4n) is 2.61. The molecule has 0 saturated heterocycles. The van der Waals surface area contributed by atoms with E-state index in [-0.39, 0.29) is 16.3 Å². The van der Waals surface area contributed by atoms with Crippen molar-refractivity contribution in [1.82, 2.24) is 0 Å². The molecule has 3 aromatic rings. The van der Waals surface area contributed by atoms with Crippen molar-refractivity contribution in [2.24, 2.45) is 0 Å². The first-order chi connectivity index (χ1) is 12.5. The topological polar surface area (TPSA) is 0 Å². The van der Waals surface area contributed by atoms with Crippen LogP contribution in [0.25, 0.3) is 10.8 Å². The highest BCUT2D eigenvalue weighted by Crippen LogP contribution is 2.24. The third-order valence-corrected chi connectivity index (χ3v) is 3.98. The van der Waals surface area contributed by atoms with Crippen LogP contribution in [-0.2, 0) is 6.42 Å². The molecule has 0 bridgehead atoms. The monoisotopic (exact) mass is 354 g/mol. The largest absolute Gasteiger partial charge is 0.206 e. The predicted octanol–water partition coefficient (Wildman–Crippen LogP) is 5.91. The van der Waals surface area contributed by atoms with E-state index in [0.29, 0.717) is 12.0 Å². The maximum absolute atomic E-state index is 14.1. The highest BCUT2D eigenvalue weighted by atomic mass is 19.2. The maximum atomic E-state index is 14.1. The van der Waals surface area contributed by atoms with Crippen LogP contribution in [0.15, 0.2) is 55.1 Å². The normalized spacial score (nSPS) is 10.5. The molecule has 130 valence electrons. The second-order valence-electron chi connectivity index (χ2n) is 5.81. The van der Waals surface area contributed by atoms with Crippen molar-refractivity contribution in [3.8, 4) is 11.8 Å². The first-order valence-electron chi connectivity index (χ1n) is 7.98. The van der Waals surface area contributed by atoms with E-state index in [2.05, 4.69) is 18.4 Å². The van der Waals surface area contributed by atoms with Gasteiger partial charge < -0.3 is 0 Å². The molecule has 0 aliphatic carbocycles. The zero-order chi connectivity index (χ0) is 18.7. The second kappa shape index (κ2) is 7.45. The van der Waals surface area contributed by atoms with E-state index >= 15 is 0 Å². The highest BCUT2D eigenvalue weighted by molar-refractivity contribution is 5.84. The Hall–Kier alpha value is -3.06. The van der Waals surface area contributed by atoms with Crippen molar-refractivity contribution >= 4 is 10.8 Å². The Kier molecular flexibility index (Phi) is 5.09. The van der Waals surface area contributed by atoms with Crippen LogP contribution in [0.2, 0.25) is 0 Å². The Morgan fingerprint density at radius 3 is 2.38 bits per heavy atom. The fourth-order valence-corrected chi connectivity index (χ4v) is 2.61. The Labute approximate surface area is 148 Å². The number of fused-ring (bicyclic) bond motifs is 1. The van der Waals surface area contributed by atoms with E-state index in [0.717, 1.165) is 18.1 Å². The summed E-state index contributed by atoms with van der Waals surface area (Å²) in [6.07, 6.45) is 3.23. The molecule has 0 atom stereocenters. The van der Waals surface area contributed by atoms with Crippen LogP contribution >= 0.6 is 0 Å². The third-order valence-electron chi connectivity index (χ3n) is 3.98. The van der Waals surface area contributed by atoms with Gasteiger partial charge in [-0.15, -0.1) is 6.58 Å². The summed E-state index contributed by atoms with van der Waals surface area (Å²) in [5.41, 5.74) is 1.52. The van der Waals surface area contributed by atoms with E-state index in [1.807, 2.05) is 0 Å². The predicted molar refractivity (Wildman–Crippen MR) is 94.7 cm³/mol. The molecule has 3 aromatic carbocycles. The minimum Gasteiger partial charge on any atom is -0.206 e. The van der Waals surface area contributed by atoms with E-state index < -0.39 is 23.3 Å². The molecule has 0 amide bonds. The number of rotatable bonds is 3. The molecular formula is C22H14F4. The van der Waals surface area contributed by atoms with Gasteiger partial charge in [0.05, 0.1) is 5.56 Å². The lowest BCUT2D eigenvalue weighted by molar-refractivity contribution is 0.453. The van der Waals surface area contributed by atoms with E-state index in [1.54, 1.807) is 18.2 Å². The Morgan fingerprint density at radius 1 is 0.846 bits per heavy atom. The van der Waals surface area contributed by atoms with Gasteiger partial charge in [-0.1, -0.05) is 30.0 Å². The van der Waals surface area contributed by atoms with Crippen LogP contribution < -0.4 is 0 Å². The molecule has 26 heavy (non-hydrogen) atoms. The highest BCUT2D eigenvalue weighted by Gasteiger charge is 2.13. The fraction of sp³-hybridized carbons (Fsp3) is 0.0909. The molecule has 0 radical (unpaired) electrons. The summed E-state index contributed by atoms with van der Waals surface area (Å²) in [6, 6.07) is 9.97. The van der Waals surface area contributed by atoms with Crippen LogP contribution in [-0.4, -0.2) is 0 Å².